The van der Waals surface area contributed by atoms with Crippen LogP contribution in [0.25, 0.3) is 0 Å². The van der Waals surface area contributed by atoms with E-state index >= 15 is 0 Å². The van der Waals surface area contributed by atoms with E-state index in [1.54, 1.807) is 0 Å². The van der Waals surface area contributed by atoms with Crippen LogP contribution >= 0.6 is 0 Å². The number of anilines is 1. The number of ether oxygens (including phenoxy) is 1. The molecule has 0 atom stereocenters. The third kappa shape index (κ3) is 7.52. The molecule has 0 unspecified atom stereocenters. The quantitative estimate of drug-likeness (QED) is 0.672. The summed E-state index contributed by atoms with van der Waals surface area (Å²) in [6.07, 6.45) is 0.533. The number of rotatable bonds is 7. The molecule has 0 radical (unpaired) electrons. The van der Waals surface area contributed by atoms with Crippen LogP contribution in [0.1, 0.15) is 32.8 Å². The Morgan fingerprint density at radius 1 is 1.18 bits per heavy atom. The Balaban J connectivity index is 2.31. The molecule has 0 aliphatic rings. The maximum absolute atomic E-state index is 11.5. The lowest BCUT2D eigenvalue weighted by molar-refractivity contribution is -0.117. The van der Waals surface area contributed by atoms with Gasteiger partial charge in [-0.2, -0.15) is 0 Å². The van der Waals surface area contributed by atoms with E-state index in [9.17, 15) is 9.59 Å². The molecule has 0 heterocycles. The second-order valence-electron chi connectivity index (χ2n) is 6.01. The summed E-state index contributed by atoms with van der Waals surface area (Å²) in [5.74, 6) is -0.360. The minimum absolute atomic E-state index is 0.208. The second-order valence-corrected chi connectivity index (χ2v) is 6.01. The van der Waals surface area contributed by atoms with E-state index in [0.29, 0.717) is 13.1 Å². The fourth-order valence-electron chi connectivity index (χ4n) is 1.85. The lowest BCUT2D eigenvalue weighted by atomic mass is 10.1. The molecular weight excluding hydrogens is 282 g/mol. The first-order valence-electron chi connectivity index (χ1n) is 7.35. The number of alkyl carbamates (subject to hydrolysis) is 1. The molecule has 0 spiro atoms. The standard InChI is InChI=1S/C16H25N3O3/c1-16(2,3)22-15(21)19-10-6-9-18-13-8-5-4-7-12(13)11-14(17)20/h4-5,7-8,18H,6,9-11H2,1-3H3,(H2,17,20)(H,19,21). The summed E-state index contributed by atoms with van der Waals surface area (Å²) < 4.78 is 5.14. The number of hydrogen-bond donors (Lipinski definition) is 3. The van der Waals surface area contributed by atoms with E-state index in [4.69, 9.17) is 10.5 Å². The van der Waals surface area contributed by atoms with Gasteiger partial charge in [0.05, 0.1) is 6.42 Å². The maximum atomic E-state index is 11.5. The molecule has 1 rings (SSSR count). The van der Waals surface area contributed by atoms with Crippen molar-refractivity contribution in [2.75, 3.05) is 18.4 Å². The topological polar surface area (TPSA) is 93.4 Å². The summed E-state index contributed by atoms with van der Waals surface area (Å²) >= 11 is 0. The molecule has 122 valence electrons. The van der Waals surface area contributed by atoms with Crippen LogP contribution < -0.4 is 16.4 Å². The minimum Gasteiger partial charge on any atom is -0.444 e. The van der Waals surface area contributed by atoms with Crippen molar-refractivity contribution in [3.8, 4) is 0 Å². The van der Waals surface area contributed by atoms with Crippen LogP contribution in [-0.2, 0) is 16.0 Å². The number of carbonyl (C=O) groups excluding carboxylic acids is 2. The molecule has 6 heteroatoms. The highest BCUT2D eigenvalue weighted by Gasteiger charge is 2.15. The van der Waals surface area contributed by atoms with E-state index in [0.717, 1.165) is 17.7 Å². The summed E-state index contributed by atoms with van der Waals surface area (Å²) in [4.78, 5) is 22.5. The average molecular weight is 307 g/mol. The highest BCUT2D eigenvalue weighted by Crippen LogP contribution is 2.15. The minimum atomic E-state index is -0.490. The summed E-state index contributed by atoms with van der Waals surface area (Å²) in [6.45, 7) is 6.66. The first-order valence-corrected chi connectivity index (χ1v) is 7.35. The van der Waals surface area contributed by atoms with E-state index in [2.05, 4.69) is 10.6 Å². The number of nitrogens with one attached hydrogen (secondary N) is 2. The van der Waals surface area contributed by atoms with Gasteiger partial charge >= 0.3 is 6.09 Å². The number of amides is 2. The Labute approximate surface area is 131 Å². The molecule has 22 heavy (non-hydrogen) atoms. The van der Waals surface area contributed by atoms with Crippen LogP contribution in [0.15, 0.2) is 24.3 Å². The zero-order chi connectivity index (χ0) is 16.6. The van der Waals surface area contributed by atoms with Crippen molar-refractivity contribution in [2.24, 2.45) is 5.73 Å². The van der Waals surface area contributed by atoms with E-state index in [1.807, 2.05) is 45.0 Å². The van der Waals surface area contributed by atoms with Crippen LogP contribution in [0.4, 0.5) is 10.5 Å². The monoisotopic (exact) mass is 307 g/mol. The molecule has 6 nitrogen and oxygen atoms in total. The normalized spacial score (nSPS) is 10.9. The molecule has 0 saturated heterocycles. The molecule has 2 amide bonds. The Morgan fingerprint density at radius 2 is 1.86 bits per heavy atom. The molecule has 0 saturated carbocycles. The third-order valence-electron chi connectivity index (χ3n) is 2.72. The Hall–Kier alpha value is -2.24. The Kier molecular flexibility index (Phi) is 6.69. The summed E-state index contributed by atoms with van der Waals surface area (Å²) in [5, 5.41) is 5.94. The van der Waals surface area contributed by atoms with E-state index in [-0.39, 0.29) is 12.3 Å². The predicted molar refractivity (Wildman–Crippen MR) is 86.7 cm³/mol. The van der Waals surface area contributed by atoms with Crippen LogP contribution in [0.5, 0.6) is 0 Å². The summed E-state index contributed by atoms with van der Waals surface area (Å²) in [7, 11) is 0. The number of nitrogens with two attached hydrogens (primary N) is 1. The van der Waals surface area contributed by atoms with E-state index in [1.165, 1.54) is 0 Å². The molecule has 0 aromatic heterocycles. The van der Waals surface area contributed by atoms with Crippen LogP contribution in [0.3, 0.4) is 0 Å². The molecule has 0 aliphatic carbocycles. The Morgan fingerprint density at radius 3 is 2.50 bits per heavy atom. The second kappa shape index (κ2) is 8.26. The van der Waals surface area contributed by atoms with Gasteiger partial charge in [-0.15, -0.1) is 0 Å². The average Bonchev–Trinajstić information content (AvgIpc) is 2.37. The van der Waals surface area contributed by atoms with Gasteiger partial charge in [-0.3, -0.25) is 4.79 Å². The van der Waals surface area contributed by atoms with Crippen molar-refractivity contribution in [2.45, 2.75) is 39.2 Å². The number of carbonyl (C=O) groups is 2. The van der Waals surface area contributed by atoms with Crippen molar-refractivity contribution in [3.05, 3.63) is 29.8 Å². The molecule has 0 aliphatic heterocycles. The van der Waals surface area contributed by atoms with Crippen LogP contribution in [0, 0.1) is 0 Å². The maximum Gasteiger partial charge on any atom is 0.407 e. The molecule has 4 N–H and O–H groups in total. The SMILES string of the molecule is CC(C)(C)OC(=O)NCCCNc1ccccc1CC(N)=O. The first kappa shape index (κ1) is 17.8. The van der Waals surface area contributed by atoms with Gasteiger partial charge < -0.3 is 21.1 Å². The number of primary amides is 1. The third-order valence-corrected chi connectivity index (χ3v) is 2.72. The van der Waals surface area contributed by atoms with Crippen molar-refractivity contribution in [3.63, 3.8) is 0 Å². The smallest absolute Gasteiger partial charge is 0.407 e. The van der Waals surface area contributed by atoms with Gasteiger partial charge in [0, 0.05) is 18.8 Å². The molecule has 0 bridgehead atoms. The van der Waals surface area contributed by atoms with Crippen LogP contribution in [0.2, 0.25) is 0 Å². The lowest BCUT2D eigenvalue weighted by Crippen LogP contribution is -2.33. The van der Waals surface area contributed by atoms with Crippen molar-refractivity contribution in [1.82, 2.24) is 5.32 Å². The van der Waals surface area contributed by atoms with Crippen molar-refractivity contribution < 1.29 is 14.3 Å². The Bertz CT molecular complexity index is 510. The summed E-state index contributed by atoms with van der Waals surface area (Å²) in [6, 6.07) is 7.53. The largest absolute Gasteiger partial charge is 0.444 e. The predicted octanol–water partition coefficient (Wildman–Crippen LogP) is 2.04. The van der Waals surface area contributed by atoms with Crippen molar-refractivity contribution in [1.29, 1.82) is 0 Å². The first-order chi connectivity index (χ1) is 10.3. The molecule has 0 fully saturated rings. The fraction of sp³-hybridized carbons (Fsp3) is 0.500. The highest BCUT2D eigenvalue weighted by molar-refractivity contribution is 5.78. The van der Waals surface area contributed by atoms with Gasteiger partial charge in [0.2, 0.25) is 5.91 Å². The fourth-order valence-corrected chi connectivity index (χ4v) is 1.85. The lowest BCUT2D eigenvalue weighted by Gasteiger charge is -2.19. The molecular formula is C16H25N3O3. The number of para-hydroxylation sites is 1. The number of hydrogen-bond acceptors (Lipinski definition) is 4. The highest BCUT2D eigenvalue weighted by atomic mass is 16.6. The van der Waals surface area contributed by atoms with Crippen LogP contribution in [-0.4, -0.2) is 30.7 Å². The van der Waals surface area contributed by atoms with Gasteiger partial charge in [0.15, 0.2) is 0 Å². The van der Waals surface area contributed by atoms with Gasteiger partial charge in [0.25, 0.3) is 0 Å². The van der Waals surface area contributed by atoms with E-state index < -0.39 is 11.7 Å². The molecule has 1 aromatic rings. The summed E-state index contributed by atoms with van der Waals surface area (Å²) in [5.41, 5.74) is 6.49. The number of benzene rings is 1. The van der Waals surface area contributed by atoms with Gasteiger partial charge in [-0.25, -0.2) is 4.79 Å². The van der Waals surface area contributed by atoms with Gasteiger partial charge in [-0.05, 0) is 38.8 Å². The van der Waals surface area contributed by atoms with Gasteiger partial charge in [-0.1, -0.05) is 18.2 Å². The van der Waals surface area contributed by atoms with Gasteiger partial charge in [0.1, 0.15) is 5.60 Å². The van der Waals surface area contributed by atoms with Crippen molar-refractivity contribution >= 4 is 17.7 Å². The zero-order valence-electron chi connectivity index (χ0n) is 13.4. The molecule has 1 aromatic carbocycles. The zero-order valence-corrected chi connectivity index (χ0v) is 13.4.